The van der Waals surface area contributed by atoms with Crippen LogP contribution in [0.15, 0.2) is 24.3 Å². The standard InChI is InChI=1S/C21H32N2O2.C5H11N/c24-21(23-15-5-6-16-23)18-10-12-20(13-11-18)25-17-7-1-4-14-22-19-8-2-3-9-19;1-6-4-2-3-5-6/h10-13,19,22H,1-9,14-17H2;2-5H2,1H3. The van der Waals surface area contributed by atoms with Gasteiger partial charge in [-0.3, -0.25) is 4.79 Å². The highest BCUT2D eigenvalue weighted by Gasteiger charge is 2.19. The van der Waals surface area contributed by atoms with E-state index in [1.807, 2.05) is 29.2 Å². The van der Waals surface area contributed by atoms with Crippen molar-refractivity contribution in [2.45, 2.75) is 76.7 Å². The maximum Gasteiger partial charge on any atom is 0.253 e. The Bertz CT molecular complexity index is 616. The van der Waals surface area contributed by atoms with E-state index in [1.54, 1.807) is 0 Å². The van der Waals surface area contributed by atoms with Crippen molar-refractivity contribution in [3.05, 3.63) is 29.8 Å². The Hall–Kier alpha value is -1.59. The summed E-state index contributed by atoms with van der Waals surface area (Å²) >= 11 is 0. The van der Waals surface area contributed by atoms with Gasteiger partial charge in [0.25, 0.3) is 5.91 Å². The van der Waals surface area contributed by atoms with Gasteiger partial charge in [-0.25, -0.2) is 0 Å². The molecule has 2 saturated heterocycles. The Morgan fingerprint density at radius 3 is 2.16 bits per heavy atom. The number of rotatable bonds is 9. The summed E-state index contributed by atoms with van der Waals surface area (Å²) in [6, 6.07) is 8.40. The Labute approximate surface area is 189 Å². The molecule has 1 saturated carbocycles. The largest absolute Gasteiger partial charge is 0.494 e. The fraction of sp³-hybridized carbons (Fsp3) is 0.731. The third-order valence-corrected chi connectivity index (χ3v) is 6.70. The van der Waals surface area contributed by atoms with Crippen LogP contribution < -0.4 is 10.1 Å². The summed E-state index contributed by atoms with van der Waals surface area (Å²) in [6.07, 6.45) is 14.1. The van der Waals surface area contributed by atoms with Crippen molar-refractivity contribution in [2.75, 3.05) is 46.4 Å². The van der Waals surface area contributed by atoms with Crippen LogP contribution in [0.3, 0.4) is 0 Å². The van der Waals surface area contributed by atoms with Crippen molar-refractivity contribution in [1.82, 2.24) is 15.1 Å². The monoisotopic (exact) mass is 429 g/mol. The molecule has 174 valence electrons. The molecule has 3 fully saturated rings. The first kappa shape index (κ1) is 24.1. The minimum atomic E-state index is 0.152. The number of benzene rings is 1. The number of carbonyl (C=O) groups is 1. The summed E-state index contributed by atoms with van der Waals surface area (Å²) in [5.74, 6) is 1.01. The summed E-state index contributed by atoms with van der Waals surface area (Å²) in [6.45, 7) is 6.32. The number of hydrogen-bond acceptors (Lipinski definition) is 4. The van der Waals surface area contributed by atoms with Crippen molar-refractivity contribution in [1.29, 1.82) is 0 Å². The van der Waals surface area contributed by atoms with E-state index in [-0.39, 0.29) is 5.91 Å². The second-order valence-electron chi connectivity index (χ2n) is 9.38. The molecule has 1 amide bonds. The first-order valence-electron chi connectivity index (χ1n) is 12.7. The van der Waals surface area contributed by atoms with Gasteiger partial charge in [0.2, 0.25) is 0 Å². The van der Waals surface area contributed by atoms with Gasteiger partial charge in [0, 0.05) is 24.7 Å². The molecule has 0 aromatic heterocycles. The molecule has 0 spiro atoms. The summed E-state index contributed by atoms with van der Waals surface area (Å²) in [4.78, 5) is 16.6. The Morgan fingerprint density at radius 1 is 0.903 bits per heavy atom. The van der Waals surface area contributed by atoms with Crippen LogP contribution in [0.1, 0.15) is 81.0 Å². The van der Waals surface area contributed by atoms with Crippen molar-refractivity contribution in [2.24, 2.45) is 0 Å². The quantitative estimate of drug-likeness (QED) is 0.577. The number of likely N-dealkylation sites (tertiary alicyclic amines) is 2. The Balaban J connectivity index is 0.000000391. The highest BCUT2D eigenvalue weighted by atomic mass is 16.5. The smallest absolute Gasteiger partial charge is 0.253 e. The Morgan fingerprint density at radius 2 is 1.55 bits per heavy atom. The summed E-state index contributed by atoms with van der Waals surface area (Å²) in [5, 5.41) is 3.65. The molecule has 5 nitrogen and oxygen atoms in total. The fourth-order valence-electron chi connectivity index (χ4n) is 4.70. The molecule has 1 aliphatic carbocycles. The minimum absolute atomic E-state index is 0.152. The van der Waals surface area contributed by atoms with Crippen LogP contribution in [0.5, 0.6) is 5.75 Å². The number of unbranched alkanes of at least 4 members (excludes halogenated alkanes) is 2. The van der Waals surface area contributed by atoms with Gasteiger partial charge in [-0.1, -0.05) is 12.8 Å². The first-order valence-corrected chi connectivity index (χ1v) is 12.7. The van der Waals surface area contributed by atoms with Gasteiger partial charge < -0.3 is 19.9 Å². The van der Waals surface area contributed by atoms with Gasteiger partial charge >= 0.3 is 0 Å². The summed E-state index contributed by atoms with van der Waals surface area (Å²) in [5.41, 5.74) is 0.771. The normalized spacial score (nSPS) is 19.5. The van der Waals surface area contributed by atoms with Gasteiger partial charge in [-0.05, 0) is 109 Å². The number of nitrogens with zero attached hydrogens (tertiary/aromatic N) is 2. The molecule has 4 rings (SSSR count). The second kappa shape index (κ2) is 13.7. The molecule has 2 heterocycles. The zero-order valence-corrected chi connectivity index (χ0v) is 19.6. The van der Waals surface area contributed by atoms with Crippen molar-refractivity contribution >= 4 is 5.91 Å². The number of amides is 1. The molecule has 3 aliphatic rings. The number of nitrogens with one attached hydrogen (secondary N) is 1. The SMILES string of the molecule is CN1CCCC1.O=C(c1ccc(OCCCCCNC2CCCC2)cc1)N1CCCC1. The van der Waals surface area contributed by atoms with Gasteiger partial charge in [-0.2, -0.15) is 0 Å². The fourth-order valence-corrected chi connectivity index (χ4v) is 4.70. The molecule has 1 N–H and O–H groups in total. The highest BCUT2D eigenvalue weighted by Crippen LogP contribution is 2.18. The van der Waals surface area contributed by atoms with Crippen LogP contribution in [-0.4, -0.2) is 68.1 Å². The van der Waals surface area contributed by atoms with E-state index in [2.05, 4.69) is 17.3 Å². The Kier molecular flexibility index (Phi) is 10.7. The van der Waals surface area contributed by atoms with Gasteiger partial charge in [0.05, 0.1) is 6.61 Å². The van der Waals surface area contributed by atoms with Crippen LogP contribution in [0, 0.1) is 0 Å². The highest BCUT2D eigenvalue weighted by molar-refractivity contribution is 5.94. The van der Waals surface area contributed by atoms with Crippen LogP contribution in [0.4, 0.5) is 0 Å². The van der Waals surface area contributed by atoms with E-state index in [0.29, 0.717) is 0 Å². The maximum absolute atomic E-state index is 12.3. The number of ether oxygens (including phenoxy) is 1. The van der Waals surface area contributed by atoms with Gasteiger partial charge in [-0.15, -0.1) is 0 Å². The molecule has 1 aromatic rings. The number of carbonyl (C=O) groups excluding carboxylic acids is 1. The maximum atomic E-state index is 12.3. The van der Waals surface area contributed by atoms with Gasteiger partial charge in [0.15, 0.2) is 0 Å². The first-order chi connectivity index (χ1) is 15.2. The number of hydrogen-bond donors (Lipinski definition) is 1. The van der Waals surface area contributed by atoms with Gasteiger partial charge in [0.1, 0.15) is 5.75 Å². The molecule has 0 radical (unpaired) electrons. The molecule has 0 bridgehead atoms. The molecule has 2 aliphatic heterocycles. The van der Waals surface area contributed by atoms with Crippen LogP contribution in [0.2, 0.25) is 0 Å². The molecule has 0 unspecified atom stereocenters. The van der Waals surface area contributed by atoms with Crippen LogP contribution >= 0.6 is 0 Å². The lowest BCUT2D eigenvalue weighted by Gasteiger charge is -2.15. The van der Waals surface area contributed by atoms with Crippen molar-refractivity contribution < 1.29 is 9.53 Å². The van der Waals surface area contributed by atoms with E-state index in [0.717, 1.165) is 62.9 Å². The summed E-state index contributed by atoms with van der Waals surface area (Å²) in [7, 11) is 2.17. The molecule has 5 heteroatoms. The lowest BCUT2D eigenvalue weighted by atomic mass is 10.2. The van der Waals surface area contributed by atoms with E-state index in [9.17, 15) is 4.79 Å². The average Bonchev–Trinajstić information content (AvgIpc) is 3.57. The lowest BCUT2D eigenvalue weighted by molar-refractivity contribution is 0.0793. The minimum Gasteiger partial charge on any atom is -0.494 e. The third kappa shape index (κ3) is 8.82. The second-order valence-corrected chi connectivity index (χ2v) is 9.38. The topological polar surface area (TPSA) is 44.8 Å². The van der Waals surface area contributed by atoms with Crippen molar-refractivity contribution in [3.8, 4) is 5.75 Å². The zero-order chi connectivity index (χ0) is 21.7. The predicted octanol–water partition coefficient (Wildman–Crippen LogP) is 4.72. The molecular formula is C26H43N3O2. The van der Waals surface area contributed by atoms with E-state index in [1.165, 1.54) is 64.5 Å². The van der Waals surface area contributed by atoms with Crippen molar-refractivity contribution in [3.63, 3.8) is 0 Å². The average molecular weight is 430 g/mol. The molecule has 1 aromatic carbocycles. The molecule has 31 heavy (non-hydrogen) atoms. The molecular weight excluding hydrogens is 386 g/mol. The van der Waals surface area contributed by atoms with E-state index in [4.69, 9.17) is 4.74 Å². The zero-order valence-electron chi connectivity index (χ0n) is 19.6. The predicted molar refractivity (Wildman–Crippen MR) is 128 cm³/mol. The third-order valence-electron chi connectivity index (χ3n) is 6.70. The summed E-state index contributed by atoms with van der Waals surface area (Å²) < 4.78 is 5.80. The van der Waals surface area contributed by atoms with E-state index >= 15 is 0 Å². The van der Waals surface area contributed by atoms with Crippen LogP contribution in [-0.2, 0) is 0 Å². The molecule has 0 atom stereocenters. The van der Waals surface area contributed by atoms with Crippen LogP contribution in [0.25, 0.3) is 0 Å². The lowest BCUT2D eigenvalue weighted by Crippen LogP contribution is -2.27. The van der Waals surface area contributed by atoms with E-state index < -0.39 is 0 Å².